The average Bonchev–Trinajstić information content (AvgIpc) is 2.27. The van der Waals surface area contributed by atoms with Gasteiger partial charge in [-0.1, -0.05) is 43.9 Å². The molecule has 0 aliphatic heterocycles. The highest BCUT2D eigenvalue weighted by molar-refractivity contribution is 6.31. The van der Waals surface area contributed by atoms with Gasteiger partial charge in [0.2, 0.25) is 0 Å². The van der Waals surface area contributed by atoms with Gasteiger partial charge in [0, 0.05) is 17.0 Å². The smallest absolute Gasteiger partial charge is 0.163 e. The first-order valence-electron chi connectivity index (χ1n) is 5.94. The van der Waals surface area contributed by atoms with Gasteiger partial charge in [-0.05, 0) is 31.0 Å². The maximum Gasteiger partial charge on any atom is 0.163 e. The fourth-order valence-electron chi connectivity index (χ4n) is 1.74. The number of carbonyl (C=O) groups is 1. The van der Waals surface area contributed by atoms with Crippen LogP contribution in [0, 0.1) is 6.92 Å². The minimum Gasteiger partial charge on any atom is -0.294 e. The highest BCUT2D eigenvalue weighted by Gasteiger charge is 2.08. The summed E-state index contributed by atoms with van der Waals surface area (Å²) in [6.07, 6.45) is 5.17. The van der Waals surface area contributed by atoms with E-state index in [1.807, 2.05) is 19.1 Å². The molecule has 0 aliphatic rings. The first-order valence-corrected chi connectivity index (χ1v) is 6.32. The molecule has 2 heteroatoms. The molecule has 1 aromatic rings. The van der Waals surface area contributed by atoms with E-state index in [1.165, 1.54) is 12.8 Å². The van der Waals surface area contributed by atoms with Crippen molar-refractivity contribution in [3.05, 3.63) is 34.3 Å². The number of unbranched alkanes of at least 4 members (excludes halogenated alkanes) is 3. The lowest BCUT2D eigenvalue weighted by atomic mass is 10.0. The van der Waals surface area contributed by atoms with Gasteiger partial charge < -0.3 is 0 Å². The number of halogens is 1. The van der Waals surface area contributed by atoms with Crippen LogP contribution in [0.3, 0.4) is 0 Å². The third-order valence-corrected chi connectivity index (χ3v) is 2.99. The quantitative estimate of drug-likeness (QED) is 0.514. The zero-order chi connectivity index (χ0) is 12.0. The summed E-state index contributed by atoms with van der Waals surface area (Å²) in [6, 6.07) is 5.51. The van der Waals surface area contributed by atoms with E-state index in [9.17, 15) is 4.79 Å². The monoisotopic (exact) mass is 238 g/mol. The highest BCUT2D eigenvalue weighted by atomic mass is 35.5. The molecule has 1 rings (SSSR count). The van der Waals surface area contributed by atoms with E-state index in [-0.39, 0.29) is 5.78 Å². The fraction of sp³-hybridized carbons (Fsp3) is 0.500. The zero-order valence-electron chi connectivity index (χ0n) is 10.1. The Kier molecular flexibility index (Phi) is 5.54. The van der Waals surface area contributed by atoms with Crippen molar-refractivity contribution in [2.75, 3.05) is 0 Å². The Morgan fingerprint density at radius 2 is 2.00 bits per heavy atom. The largest absolute Gasteiger partial charge is 0.294 e. The molecule has 0 saturated heterocycles. The fourth-order valence-corrected chi connectivity index (χ4v) is 1.91. The maximum atomic E-state index is 11.9. The van der Waals surface area contributed by atoms with Crippen LogP contribution in [0.1, 0.15) is 54.9 Å². The van der Waals surface area contributed by atoms with E-state index < -0.39 is 0 Å². The highest BCUT2D eigenvalue weighted by Crippen LogP contribution is 2.18. The second-order valence-corrected chi connectivity index (χ2v) is 4.63. The summed E-state index contributed by atoms with van der Waals surface area (Å²) in [5.41, 5.74) is 1.80. The zero-order valence-corrected chi connectivity index (χ0v) is 10.8. The van der Waals surface area contributed by atoms with Crippen molar-refractivity contribution in [1.82, 2.24) is 0 Å². The molecule has 0 saturated carbocycles. The molecule has 0 radical (unpaired) electrons. The Hall–Kier alpha value is -0.820. The van der Waals surface area contributed by atoms with Crippen molar-refractivity contribution < 1.29 is 4.79 Å². The number of rotatable bonds is 6. The third-order valence-electron chi connectivity index (χ3n) is 2.76. The van der Waals surface area contributed by atoms with Gasteiger partial charge in [0.25, 0.3) is 0 Å². The number of Topliss-reactive ketones (excluding diaryl/α,β-unsaturated/α-hetero) is 1. The van der Waals surface area contributed by atoms with Crippen LogP contribution >= 0.6 is 11.6 Å². The van der Waals surface area contributed by atoms with E-state index in [4.69, 9.17) is 11.6 Å². The summed E-state index contributed by atoms with van der Waals surface area (Å²) in [7, 11) is 0. The van der Waals surface area contributed by atoms with Gasteiger partial charge in [0.05, 0.1) is 0 Å². The van der Waals surface area contributed by atoms with E-state index in [1.54, 1.807) is 6.07 Å². The third kappa shape index (κ3) is 3.97. The van der Waals surface area contributed by atoms with Gasteiger partial charge in [-0.25, -0.2) is 0 Å². The molecule has 0 unspecified atom stereocenters. The van der Waals surface area contributed by atoms with Gasteiger partial charge in [-0.2, -0.15) is 0 Å². The Morgan fingerprint density at radius 1 is 1.25 bits per heavy atom. The van der Waals surface area contributed by atoms with Gasteiger partial charge in [0.15, 0.2) is 5.78 Å². The van der Waals surface area contributed by atoms with Crippen molar-refractivity contribution in [1.29, 1.82) is 0 Å². The second kappa shape index (κ2) is 6.70. The molecule has 0 fully saturated rings. The van der Waals surface area contributed by atoms with Gasteiger partial charge in [0.1, 0.15) is 0 Å². The van der Waals surface area contributed by atoms with Crippen LogP contribution < -0.4 is 0 Å². The summed E-state index contributed by atoms with van der Waals surface area (Å²) < 4.78 is 0. The lowest BCUT2D eigenvalue weighted by molar-refractivity contribution is 0.0978. The standard InChI is InChI=1S/C14H19ClO/c1-3-4-5-6-7-14(16)13-10-12(15)9-8-11(13)2/h8-10H,3-7H2,1-2H3. The van der Waals surface area contributed by atoms with Crippen molar-refractivity contribution in [3.63, 3.8) is 0 Å². The minimum absolute atomic E-state index is 0.219. The molecule has 0 atom stereocenters. The molecule has 16 heavy (non-hydrogen) atoms. The van der Waals surface area contributed by atoms with E-state index in [0.717, 1.165) is 24.0 Å². The predicted octanol–water partition coefficient (Wildman–Crippen LogP) is 4.80. The molecule has 0 spiro atoms. The Labute approximate surface area is 103 Å². The Bertz CT molecular complexity index is 358. The topological polar surface area (TPSA) is 17.1 Å². The Balaban J connectivity index is 2.55. The molecule has 1 nitrogen and oxygen atoms in total. The van der Waals surface area contributed by atoms with Crippen LogP contribution in [-0.4, -0.2) is 5.78 Å². The van der Waals surface area contributed by atoms with Crippen LogP contribution in [0.5, 0.6) is 0 Å². The summed E-state index contributed by atoms with van der Waals surface area (Å²) in [5.74, 6) is 0.219. The summed E-state index contributed by atoms with van der Waals surface area (Å²) in [5, 5.41) is 0.641. The van der Waals surface area contributed by atoms with Gasteiger partial charge in [-0.3, -0.25) is 4.79 Å². The van der Waals surface area contributed by atoms with Crippen molar-refractivity contribution in [3.8, 4) is 0 Å². The normalized spacial score (nSPS) is 10.4. The first kappa shape index (κ1) is 13.2. The molecule has 0 aromatic heterocycles. The number of ketones is 1. The first-order chi connectivity index (χ1) is 7.65. The van der Waals surface area contributed by atoms with Crippen molar-refractivity contribution >= 4 is 17.4 Å². The number of aryl methyl sites for hydroxylation is 1. The number of carbonyl (C=O) groups excluding carboxylic acids is 1. The van der Waals surface area contributed by atoms with Crippen LogP contribution in [0.2, 0.25) is 5.02 Å². The molecule has 0 amide bonds. The molecule has 0 aliphatic carbocycles. The SMILES string of the molecule is CCCCCCC(=O)c1cc(Cl)ccc1C. The molecule has 0 N–H and O–H groups in total. The molecular weight excluding hydrogens is 220 g/mol. The number of hydrogen-bond acceptors (Lipinski definition) is 1. The van der Waals surface area contributed by atoms with Crippen LogP contribution in [0.15, 0.2) is 18.2 Å². The summed E-state index contributed by atoms with van der Waals surface area (Å²) in [4.78, 5) is 11.9. The van der Waals surface area contributed by atoms with Crippen molar-refractivity contribution in [2.24, 2.45) is 0 Å². The minimum atomic E-state index is 0.219. The van der Waals surface area contributed by atoms with Crippen LogP contribution in [-0.2, 0) is 0 Å². The van der Waals surface area contributed by atoms with Gasteiger partial charge in [-0.15, -0.1) is 0 Å². The van der Waals surface area contributed by atoms with Gasteiger partial charge >= 0.3 is 0 Å². The summed E-state index contributed by atoms with van der Waals surface area (Å²) in [6.45, 7) is 4.12. The number of hydrogen-bond donors (Lipinski definition) is 0. The molecule has 1 aromatic carbocycles. The lowest BCUT2D eigenvalue weighted by Crippen LogP contribution is -2.01. The molecule has 0 heterocycles. The Morgan fingerprint density at radius 3 is 2.69 bits per heavy atom. The number of benzene rings is 1. The molecule has 88 valence electrons. The average molecular weight is 239 g/mol. The molecule has 0 bridgehead atoms. The summed E-state index contributed by atoms with van der Waals surface area (Å²) >= 11 is 5.89. The predicted molar refractivity (Wildman–Crippen MR) is 69.3 cm³/mol. The van der Waals surface area contributed by atoms with Crippen molar-refractivity contribution in [2.45, 2.75) is 46.0 Å². The molecular formula is C14H19ClO. The van der Waals surface area contributed by atoms with E-state index in [0.29, 0.717) is 11.4 Å². The maximum absolute atomic E-state index is 11.9. The lowest BCUT2D eigenvalue weighted by Gasteiger charge is -2.05. The van der Waals surface area contributed by atoms with Crippen LogP contribution in [0.25, 0.3) is 0 Å². The van der Waals surface area contributed by atoms with E-state index >= 15 is 0 Å². The second-order valence-electron chi connectivity index (χ2n) is 4.19. The van der Waals surface area contributed by atoms with Crippen LogP contribution in [0.4, 0.5) is 0 Å². The van der Waals surface area contributed by atoms with E-state index in [2.05, 4.69) is 6.92 Å².